The van der Waals surface area contributed by atoms with Crippen molar-refractivity contribution in [2.75, 3.05) is 13.1 Å². The van der Waals surface area contributed by atoms with Crippen LogP contribution in [0.1, 0.15) is 49.7 Å². The summed E-state index contributed by atoms with van der Waals surface area (Å²) in [6.07, 6.45) is 3.47. The van der Waals surface area contributed by atoms with Gasteiger partial charge in [-0.2, -0.15) is 0 Å². The summed E-state index contributed by atoms with van der Waals surface area (Å²) >= 11 is 0. The Kier molecular flexibility index (Phi) is 9.70. The molecular formula is C30H38N4O5. The van der Waals surface area contributed by atoms with Crippen molar-refractivity contribution >= 4 is 23.7 Å². The van der Waals surface area contributed by atoms with E-state index >= 15 is 0 Å². The Bertz CT molecular complexity index is 1140. The maximum absolute atomic E-state index is 13.5. The quantitative estimate of drug-likeness (QED) is 0.405. The first kappa shape index (κ1) is 28.3. The smallest absolute Gasteiger partial charge is 0.326 e. The first-order chi connectivity index (χ1) is 18.8. The van der Waals surface area contributed by atoms with Gasteiger partial charge < -0.3 is 26.0 Å². The number of nitrogens with zero attached hydrogens (tertiary/aromatic N) is 2. The molecule has 2 aromatic carbocycles. The molecule has 2 aliphatic heterocycles. The first-order valence-corrected chi connectivity index (χ1v) is 13.8. The zero-order valence-corrected chi connectivity index (χ0v) is 22.2. The Labute approximate surface area is 229 Å². The van der Waals surface area contributed by atoms with Gasteiger partial charge in [-0.25, -0.2) is 4.79 Å². The van der Waals surface area contributed by atoms with Gasteiger partial charge in [0.25, 0.3) is 0 Å². The molecule has 2 fully saturated rings. The zero-order chi connectivity index (χ0) is 27.8. The minimum atomic E-state index is -1.01. The molecule has 39 heavy (non-hydrogen) atoms. The minimum Gasteiger partial charge on any atom is -0.480 e. The van der Waals surface area contributed by atoms with Gasteiger partial charge in [0.1, 0.15) is 12.1 Å². The maximum atomic E-state index is 13.5. The molecular weight excluding hydrogens is 496 g/mol. The molecule has 0 aromatic heterocycles. The van der Waals surface area contributed by atoms with E-state index in [1.165, 1.54) is 4.90 Å². The first-order valence-electron chi connectivity index (χ1n) is 13.8. The fourth-order valence-corrected chi connectivity index (χ4v) is 5.72. The molecule has 0 spiro atoms. The van der Waals surface area contributed by atoms with Crippen molar-refractivity contribution in [1.82, 2.24) is 15.1 Å². The van der Waals surface area contributed by atoms with Gasteiger partial charge in [-0.1, -0.05) is 60.7 Å². The Morgan fingerprint density at radius 3 is 2.00 bits per heavy atom. The van der Waals surface area contributed by atoms with Crippen LogP contribution in [-0.4, -0.2) is 75.9 Å². The van der Waals surface area contributed by atoms with Crippen LogP contribution in [0.2, 0.25) is 0 Å². The van der Waals surface area contributed by atoms with Crippen molar-refractivity contribution in [1.29, 1.82) is 0 Å². The van der Waals surface area contributed by atoms with E-state index in [4.69, 9.17) is 5.73 Å². The highest BCUT2D eigenvalue weighted by atomic mass is 16.4. The van der Waals surface area contributed by atoms with Crippen molar-refractivity contribution in [2.45, 2.75) is 75.5 Å². The molecule has 2 saturated heterocycles. The van der Waals surface area contributed by atoms with Crippen LogP contribution in [0.4, 0.5) is 0 Å². The second-order valence-corrected chi connectivity index (χ2v) is 10.6. The summed E-state index contributed by atoms with van der Waals surface area (Å²) in [7, 11) is 0. The molecule has 4 N–H and O–H groups in total. The van der Waals surface area contributed by atoms with Crippen molar-refractivity contribution < 1.29 is 24.3 Å². The zero-order valence-electron chi connectivity index (χ0n) is 22.2. The number of hydrogen-bond acceptors (Lipinski definition) is 5. The average Bonchev–Trinajstić information content (AvgIpc) is 3.60. The number of carboxylic acids is 1. The lowest BCUT2D eigenvalue weighted by Gasteiger charge is -2.31. The normalized spacial score (nSPS) is 20.4. The molecule has 2 aromatic rings. The fraction of sp³-hybridized carbons (Fsp3) is 0.467. The van der Waals surface area contributed by atoms with Gasteiger partial charge >= 0.3 is 5.97 Å². The summed E-state index contributed by atoms with van der Waals surface area (Å²) in [5.74, 6) is -1.73. The predicted octanol–water partition coefficient (Wildman–Crippen LogP) is 2.13. The van der Waals surface area contributed by atoms with Crippen LogP contribution in [0.3, 0.4) is 0 Å². The molecule has 9 nitrogen and oxygen atoms in total. The minimum absolute atomic E-state index is 0.0424. The summed E-state index contributed by atoms with van der Waals surface area (Å²) in [6, 6.07) is 17.1. The fourth-order valence-electron chi connectivity index (χ4n) is 5.72. The standard InChI is InChI=1S/C30H38N4O5/c31-23(17-21-9-3-1-4-10-21)19-27(35)32-24(18-22-11-5-2-6-12-22)20-28(36)33-15-7-13-25(33)29(37)34-16-8-14-26(34)30(38)39/h1-6,9-12,23-26H,7-8,13-20,31H2,(H,32,35)(H,38,39). The van der Waals surface area contributed by atoms with Gasteiger partial charge in [-0.15, -0.1) is 0 Å². The SMILES string of the molecule is NC(CC(=O)NC(CC(=O)N1CCCC1C(=O)N1CCCC1C(=O)O)Cc1ccccc1)Cc1ccccc1. The summed E-state index contributed by atoms with van der Waals surface area (Å²) in [5, 5.41) is 12.5. The van der Waals surface area contributed by atoms with Gasteiger partial charge in [-0.3, -0.25) is 14.4 Å². The number of carboxylic acid groups (broad SMARTS) is 1. The molecule has 208 valence electrons. The summed E-state index contributed by atoms with van der Waals surface area (Å²) < 4.78 is 0. The number of carbonyl (C=O) groups is 4. The molecule has 4 rings (SSSR count). The van der Waals surface area contributed by atoms with Crippen LogP contribution in [0.15, 0.2) is 60.7 Å². The van der Waals surface area contributed by atoms with E-state index in [9.17, 15) is 24.3 Å². The molecule has 2 heterocycles. The van der Waals surface area contributed by atoms with Crippen LogP contribution in [0.25, 0.3) is 0 Å². The van der Waals surface area contributed by atoms with E-state index < -0.39 is 24.1 Å². The molecule has 0 aliphatic carbocycles. The molecule has 3 amide bonds. The van der Waals surface area contributed by atoms with E-state index in [-0.39, 0.29) is 36.6 Å². The molecule has 0 radical (unpaired) electrons. The van der Waals surface area contributed by atoms with Crippen molar-refractivity contribution in [3.05, 3.63) is 71.8 Å². The number of amides is 3. The monoisotopic (exact) mass is 534 g/mol. The van der Waals surface area contributed by atoms with E-state index in [0.717, 1.165) is 11.1 Å². The van der Waals surface area contributed by atoms with E-state index in [2.05, 4.69) is 5.32 Å². The van der Waals surface area contributed by atoms with Crippen LogP contribution < -0.4 is 11.1 Å². The number of likely N-dealkylation sites (tertiary alicyclic amines) is 2. The van der Waals surface area contributed by atoms with Gasteiger partial charge in [0, 0.05) is 38.0 Å². The number of nitrogens with two attached hydrogens (primary N) is 1. The molecule has 4 unspecified atom stereocenters. The van der Waals surface area contributed by atoms with Gasteiger partial charge in [-0.05, 0) is 49.7 Å². The highest BCUT2D eigenvalue weighted by Crippen LogP contribution is 2.26. The summed E-state index contributed by atoms with van der Waals surface area (Å²) in [6.45, 7) is 0.832. The Balaban J connectivity index is 1.40. The van der Waals surface area contributed by atoms with E-state index in [0.29, 0.717) is 51.6 Å². The lowest BCUT2D eigenvalue weighted by atomic mass is 10.0. The van der Waals surface area contributed by atoms with Crippen molar-refractivity contribution in [3.8, 4) is 0 Å². The average molecular weight is 535 g/mol. The number of benzene rings is 2. The third-order valence-electron chi connectivity index (χ3n) is 7.58. The third kappa shape index (κ3) is 7.66. The van der Waals surface area contributed by atoms with Crippen LogP contribution >= 0.6 is 0 Å². The topological polar surface area (TPSA) is 133 Å². The van der Waals surface area contributed by atoms with Crippen LogP contribution in [0.5, 0.6) is 0 Å². The Morgan fingerprint density at radius 1 is 0.821 bits per heavy atom. The highest BCUT2D eigenvalue weighted by molar-refractivity contribution is 5.91. The molecule has 2 aliphatic rings. The molecule has 0 saturated carbocycles. The number of hydrogen-bond donors (Lipinski definition) is 3. The van der Waals surface area contributed by atoms with Gasteiger partial charge in [0.05, 0.1) is 0 Å². The predicted molar refractivity (Wildman–Crippen MR) is 147 cm³/mol. The molecule has 9 heteroatoms. The molecule has 4 atom stereocenters. The Morgan fingerprint density at radius 2 is 1.38 bits per heavy atom. The third-order valence-corrected chi connectivity index (χ3v) is 7.58. The lowest BCUT2D eigenvalue weighted by Crippen LogP contribution is -2.52. The van der Waals surface area contributed by atoms with Crippen molar-refractivity contribution in [3.63, 3.8) is 0 Å². The van der Waals surface area contributed by atoms with Crippen LogP contribution in [-0.2, 0) is 32.0 Å². The van der Waals surface area contributed by atoms with Gasteiger partial charge in [0.15, 0.2) is 0 Å². The van der Waals surface area contributed by atoms with E-state index in [1.54, 1.807) is 4.90 Å². The summed E-state index contributed by atoms with van der Waals surface area (Å²) in [5.41, 5.74) is 8.30. The molecule has 0 bridgehead atoms. The van der Waals surface area contributed by atoms with Crippen molar-refractivity contribution in [2.24, 2.45) is 5.73 Å². The largest absolute Gasteiger partial charge is 0.480 e. The highest BCUT2D eigenvalue weighted by Gasteiger charge is 2.42. The number of aliphatic carboxylic acids is 1. The van der Waals surface area contributed by atoms with Crippen LogP contribution in [0, 0.1) is 0 Å². The summed E-state index contributed by atoms with van der Waals surface area (Å²) in [4.78, 5) is 54.4. The Hall–Kier alpha value is -3.72. The number of rotatable bonds is 11. The van der Waals surface area contributed by atoms with Gasteiger partial charge in [0.2, 0.25) is 17.7 Å². The number of nitrogens with one attached hydrogen (secondary N) is 1. The lowest BCUT2D eigenvalue weighted by molar-refractivity contribution is -0.151. The second-order valence-electron chi connectivity index (χ2n) is 10.6. The van der Waals surface area contributed by atoms with E-state index in [1.807, 2.05) is 60.7 Å². The second kappa shape index (κ2) is 13.4. The number of carbonyl (C=O) groups excluding carboxylic acids is 3. The maximum Gasteiger partial charge on any atom is 0.326 e.